The number of aromatic nitrogens is 6. The van der Waals surface area contributed by atoms with Crippen molar-refractivity contribution in [1.82, 2.24) is 35.5 Å². The van der Waals surface area contributed by atoms with Crippen molar-refractivity contribution < 1.29 is 19.0 Å². The summed E-state index contributed by atoms with van der Waals surface area (Å²) in [7, 11) is 0. The summed E-state index contributed by atoms with van der Waals surface area (Å²) >= 11 is 6.61. The number of carbonyl (C=O) groups is 1. The van der Waals surface area contributed by atoms with Crippen LogP contribution in [0.25, 0.3) is 11.3 Å². The molecule has 0 unspecified atom stereocenters. The molecule has 2 atom stereocenters. The van der Waals surface area contributed by atoms with Gasteiger partial charge in [-0.25, -0.2) is 9.97 Å². The highest BCUT2D eigenvalue weighted by Crippen LogP contribution is 2.32. The van der Waals surface area contributed by atoms with Crippen molar-refractivity contribution in [3.05, 3.63) is 41.3 Å². The average molecular weight is 737 g/mol. The molecule has 3 aromatic heterocycles. The molecule has 0 radical (unpaired) electrons. The molecule has 282 valence electrons. The third kappa shape index (κ3) is 10.8. The zero-order chi connectivity index (χ0) is 37.3. The van der Waals surface area contributed by atoms with Crippen molar-refractivity contribution in [2.45, 2.75) is 111 Å². The van der Waals surface area contributed by atoms with Gasteiger partial charge >= 0.3 is 5.97 Å². The number of nitrogens with one attached hydrogen (secondary N) is 3. The number of halogens is 1. The molecule has 4 heterocycles. The maximum Gasteiger partial charge on any atom is 0.313 e. The Morgan fingerprint density at radius 3 is 2.56 bits per heavy atom. The fraction of sp³-hybridized carbons (Fsp3) is 0.649. The number of tetrazole rings is 1. The minimum absolute atomic E-state index is 0.0282. The fourth-order valence-corrected chi connectivity index (χ4v) is 6.50. The van der Waals surface area contributed by atoms with Crippen molar-refractivity contribution in [2.75, 3.05) is 37.0 Å². The van der Waals surface area contributed by atoms with Crippen LogP contribution in [0.2, 0.25) is 5.02 Å². The van der Waals surface area contributed by atoms with E-state index in [4.69, 9.17) is 30.8 Å². The first-order valence-corrected chi connectivity index (χ1v) is 18.7. The SMILES string of the molecule is CC(C)[C@H](OC(=O)C(C)(C)C)n1nnc(COC[C@@H](C)NC2CCC(Nc3cc(-c4cccc(NCC5(C#N)CCOCC5)n4)c(Cl)cn3)CC2)n1. The van der Waals surface area contributed by atoms with E-state index in [0.717, 1.165) is 42.8 Å². The van der Waals surface area contributed by atoms with E-state index in [1.54, 1.807) is 6.20 Å². The summed E-state index contributed by atoms with van der Waals surface area (Å²) in [5, 5.41) is 33.7. The second-order valence-electron chi connectivity index (χ2n) is 15.4. The van der Waals surface area contributed by atoms with Crippen LogP contribution in [0.4, 0.5) is 11.6 Å². The van der Waals surface area contributed by atoms with E-state index < -0.39 is 17.1 Å². The summed E-state index contributed by atoms with van der Waals surface area (Å²) in [6, 6.07) is 11.0. The third-order valence-electron chi connectivity index (χ3n) is 9.48. The summed E-state index contributed by atoms with van der Waals surface area (Å²) in [6.45, 7) is 13.9. The standard InChI is InChI=1S/C37H53ClN10O4/c1-24(2)34(52-35(49)36(4,5)6)48-46-33(45-47-48)21-51-20-25(3)42-26-10-12-27(13-11-26)43-32-18-28(29(38)19-40-32)30-8-7-9-31(44-30)41-23-37(22-39)14-16-50-17-15-37/h7-9,18-19,24-27,34,42H,10-17,20-21,23H2,1-6H3,(H,40,43)(H,41,44)/t25-,26?,27?,34+/m1/s1. The Labute approximate surface area is 311 Å². The van der Waals surface area contributed by atoms with Gasteiger partial charge in [-0.2, -0.15) is 5.26 Å². The Morgan fingerprint density at radius 1 is 1.13 bits per heavy atom. The second kappa shape index (κ2) is 17.7. The maximum atomic E-state index is 12.5. The van der Waals surface area contributed by atoms with Gasteiger partial charge in [0, 0.05) is 55.6 Å². The Bertz CT molecular complexity index is 1660. The smallest absolute Gasteiger partial charge is 0.313 e. The molecule has 1 saturated carbocycles. The van der Waals surface area contributed by atoms with Crippen LogP contribution in [-0.4, -0.2) is 80.6 Å². The van der Waals surface area contributed by atoms with Gasteiger partial charge in [-0.1, -0.05) is 31.5 Å². The van der Waals surface area contributed by atoms with Crippen LogP contribution < -0.4 is 16.0 Å². The molecule has 5 rings (SSSR count). The molecule has 0 aromatic carbocycles. The third-order valence-corrected chi connectivity index (χ3v) is 9.78. The first-order chi connectivity index (χ1) is 24.8. The highest BCUT2D eigenvalue weighted by atomic mass is 35.5. The number of nitriles is 1. The molecule has 0 spiro atoms. The molecule has 3 N–H and O–H groups in total. The quantitative estimate of drug-likeness (QED) is 0.151. The monoisotopic (exact) mass is 736 g/mol. The molecule has 52 heavy (non-hydrogen) atoms. The molecule has 15 heteroatoms. The van der Waals surface area contributed by atoms with Gasteiger partial charge in [0.15, 0.2) is 0 Å². The van der Waals surface area contributed by atoms with Crippen molar-refractivity contribution >= 4 is 29.2 Å². The number of rotatable bonds is 15. The van der Waals surface area contributed by atoms with E-state index in [2.05, 4.69) is 49.3 Å². The summed E-state index contributed by atoms with van der Waals surface area (Å²) < 4.78 is 17.1. The normalized spacial score (nSPS) is 20.1. The lowest BCUT2D eigenvalue weighted by atomic mass is 9.82. The maximum absolute atomic E-state index is 12.5. The van der Waals surface area contributed by atoms with Gasteiger partial charge in [-0.3, -0.25) is 4.79 Å². The summed E-state index contributed by atoms with van der Waals surface area (Å²) in [5.41, 5.74) is 0.462. The van der Waals surface area contributed by atoms with Gasteiger partial charge in [0.2, 0.25) is 12.1 Å². The Hall–Kier alpha value is -3.90. The van der Waals surface area contributed by atoms with Gasteiger partial charge in [-0.15, -0.1) is 15.0 Å². The highest BCUT2D eigenvalue weighted by Gasteiger charge is 2.33. The zero-order valence-electron chi connectivity index (χ0n) is 31.2. The number of nitrogens with zero attached hydrogens (tertiary/aromatic N) is 7. The van der Waals surface area contributed by atoms with Gasteiger partial charge in [-0.05, 0) is 89.6 Å². The molecular formula is C37H53ClN10O4. The summed E-state index contributed by atoms with van der Waals surface area (Å²) in [6.07, 6.45) is 6.48. The van der Waals surface area contributed by atoms with Gasteiger partial charge < -0.3 is 30.2 Å². The van der Waals surface area contributed by atoms with Gasteiger partial charge in [0.05, 0.1) is 34.2 Å². The highest BCUT2D eigenvalue weighted by molar-refractivity contribution is 6.33. The lowest BCUT2D eigenvalue weighted by Crippen LogP contribution is -2.43. The van der Waals surface area contributed by atoms with Crippen LogP contribution in [0.3, 0.4) is 0 Å². The topological polar surface area (TPSA) is 174 Å². The van der Waals surface area contributed by atoms with Crippen LogP contribution >= 0.6 is 11.6 Å². The van der Waals surface area contributed by atoms with E-state index in [-0.39, 0.29) is 24.5 Å². The predicted octanol–water partition coefficient (Wildman–Crippen LogP) is 6.18. The number of ether oxygens (including phenoxy) is 3. The van der Waals surface area contributed by atoms with Crippen molar-refractivity contribution in [3.8, 4) is 17.3 Å². The van der Waals surface area contributed by atoms with Crippen LogP contribution in [0.5, 0.6) is 0 Å². The van der Waals surface area contributed by atoms with E-state index in [1.165, 1.54) is 4.80 Å². The van der Waals surface area contributed by atoms with Crippen molar-refractivity contribution in [2.24, 2.45) is 16.7 Å². The van der Waals surface area contributed by atoms with E-state index in [9.17, 15) is 10.1 Å². The van der Waals surface area contributed by atoms with Gasteiger partial charge in [0.25, 0.3) is 0 Å². The Kier molecular flexibility index (Phi) is 13.4. The van der Waals surface area contributed by atoms with E-state index in [1.807, 2.05) is 58.9 Å². The minimum Gasteiger partial charge on any atom is -0.437 e. The molecule has 3 aromatic rings. The number of esters is 1. The molecule has 1 aliphatic carbocycles. The number of hydrogen-bond donors (Lipinski definition) is 3. The summed E-state index contributed by atoms with van der Waals surface area (Å²) in [5.74, 6) is 1.56. The number of pyridine rings is 2. The molecule has 2 fully saturated rings. The van der Waals surface area contributed by atoms with Crippen molar-refractivity contribution in [3.63, 3.8) is 0 Å². The Balaban J connectivity index is 1.05. The Morgan fingerprint density at radius 2 is 1.87 bits per heavy atom. The lowest BCUT2D eigenvalue weighted by molar-refractivity contribution is -0.169. The number of carbonyl (C=O) groups excluding carboxylic acids is 1. The molecule has 1 saturated heterocycles. The second-order valence-corrected chi connectivity index (χ2v) is 15.8. The number of hydrogen-bond acceptors (Lipinski definition) is 13. The molecule has 0 amide bonds. The number of anilines is 2. The molecule has 2 aliphatic rings. The lowest BCUT2D eigenvalue weighted by Gasteiger charge is -2.32. The van der Waals surface area contributed by atoms with Gasteiger partial charge in [0.1, 0.15) is 18.2 Å². The first kappa shape index (κ1) is 39.3. The van der Waals surface area contributed by atoms with Crippen LogP contribution in [0, 0.1) is 28.1 Å². The zero-order valence-corrected chi connectivity index (χ0v) is 31.9. The van der Waals surface area contributed by atoms with E-state index >= 15 is 0 Å². The molecular weight excluding hydrogens is 684 g/mol. The molecule has 14 nitrogen and oxygen atoms in total. The fourth-order valence-electron chi connectivity index (χ4n) is 6.30. The molecule has 0 bridgehead atoms. The van der Waals surface area contributed by atoms with Crippen LogP contribution in [-0.2, 0) is 25.6 Å². The minimum atomic E-state index is -0.639. The predicted molar refractivity (Wildman–Crippen MR) is 198 cm³/mol. The van der Waals surface area contributed by atoms with E-state index in [0.29, 0.717) is 68.0 Å². The summed E-state index contributed by atoms with van der Waals surface area (Å²) in [4.78, 5) is 23.2. The largest absolute Gasteiger partial charge is 0.437 e. The van der Waals surface area contributed by atoms with Crippen LogP contribution in [0.15, 0.2) is 30.5 Å². The van der Waals surface area contributed by atoms with Crippen molar-refractivity contribution in [1.29, 1.82) is 5.26 Å². The molecule has 1 aliphatic heterocycles. The van der Waals surface area contributed by atoms with Crippen LogP contribution in [0.1, 0.15) is 92.1 Å². The first-order valence-electron chi connectivity index (χ1n) is 18.3. The average Bonchev–Trinajstić information content (AvgIpc) is 3.59.